The fourth-order valence-electron chi connectivity index (χ4n) is 2.93. The Bertz CT molecular complexity index is 1070. The van der Waals surface area contributed by atoms with Crippen molar-refractivity contribution in [1.29, 1.82) is 0 Å². The number of fused-ring (bicyclic) bond motifs is 1. The van der Waals surface area contributed by atoms with E-state index in [1.807, 2.05) is 53.2 Å². The number of imidazole rings is 1. The van der Waals surface area contributed by atoms with Gasteiger partial charge in [0, 0.05) is 42.2 Å². The van der Waals surface area contributed by atoms with E-state index in [0.717, 1.165) is 16.5 Å². The van der Waals surface area contributed by atoms with Gasteiger partial charge < -0.3 is 14.6 Å². The Balaban J connectivity index is 1.56. The van der Waals surface area contributed by atoms with E-state index in [2.05, 4.69) is 15.3 Å². The maximum atomic E-state index is 12.7. The third-order valence-electron chi connectivity index (χ3n) is 4.30. The molecule has 1 N–H and O–H groups in total. The summed E-state index contributed by atoms with van der Waals surface area (Å²) >= 11 is 0. The number of pyridine rings is 1. The van der Waals surface area contributed by atoms with Gasteiger partial charge in [-0.25, -0.2) is 4.98 Å². The zero-order valence-electron chi connectivity index (χ0n) is 14.8. The van der Waals surface area contributed by atoms with E-state index in [1.165, 1.54) is 0 Å². The summed E-state index contributed by atoms with van der Waals surface area (Å²) in [6.07, 6.45) is 7.12. The van der Waals surface area contributed by atoms with Gasteiger partial charge in [0.15, 0.2) is 0 Å². The number of anilines is 1. The molecule has 0 fully saturated rings. The van der Waals surface area contributed by atoms with Gasteiger partial charge in [0.2, 0.25) is 0 Å². The van der Waals surface area contributed by atoms with Crippen LogP contribution in [-0.4, -0.2) is 27.6 Å². The molecule has 0 aliphatic rings. The second-order valence-electron chi connectivity index (χ2n) is 6.14. The van der Waals surface area contributed by atoms with E-state index in [-0.39, 0.29) is 5.91 Å². The molecule has 0 bridgehead atoms. The number of methoxy groups -OCH3 is 1. The van der Waals surface area contributed by atoms with Crippen LogP contribution < -0.4 is 10.1 Å². The average Bonchev–Trinajstić information content (AvgIpc) is 3.21. The molecule has 0 aliphatic heterocycles. The Morgan fingerprint density at radius 3 is 2.74 bits per heavy atom. The number of carbonyl (C=O) groups is 1. The van der Waals surface area contributed by atoms with E-state index >= 15 is 0 Å². The zero-order valence-corrected chi connectivity index (χ0v) is 14.8. The number of aromatic nitrogens is 3. The molecule has 0 atom stereocenters. The quantitative estimate of drug-likeness (QED) is 0.590. The highest BCUT2D eigenvalue weighted by molar-refractivity contribution is 6.08. The highest BCUT2D eigenvalue weighted by atomic mass is 16.5. The van der Waals surface area contributed by atoms with Crippen LogP contribution in [-0.2, 0) is 6.54 Å². The molecule has 2 aromatic heterocycles. The number of carbonyl (C=O) groups excluding carboxylic acids is 1. The molecule has 4 aromatic rings. The summed E-state index contributed by atoms with van der Waals surface area (Å²) in [6.45, 7) is 0.715. The van der Waals surface area contributed by atoms with Crippen LogP contribution >= 0.6 is 0 Å². The van der Waals surface area contributed by atoms with Crippen LogP contribution in [0.2, 0.25) is 0 Å². The van der Waals surface area contributed by atoms with Crippen molar-refractivity contribution in [1.82, 2.24) is 14.5 Å². The van der Waals surface area contributed by atoms with Gasteiger partial charge in [-0.1, -0.05) is 18.2 Å². The van der Waals surface area contributed by atoms with Gasteiger partial charge in [-0.05, 0) is 29.8 Å². The van der Waals surface area contributed by atoms with Crippen LogP contribution in [0, 0.1) is 0 Å². The van der Waals surface area contributed by atoms with E-state index in [4.69, 9.17) is 4.74 Å². The summed E-state index contributed by atoms with van der Waals surface area (Å²) in [5, 5.41) is 3.85. The van der Waals surface area contributed by atoms with E-state index in [9.17, 15) is 4.79 Å². The van der Waals surface area contributed by atoms with Crippen LogP contribution in [0.1, 0.15) is 15.9 Å². The number of amides is 1. The van der Waals surface area contributed by atoms with Crippen LogP contribution in [0.15, 0.2) is 73.4 Å². The maximum absolute atomic E-state index is 12.7. The first kappa shape index (κ1) is 16.8. The molecule has 0 spiro atoms. The summed E-state index contributed by atoms with van der Waals surface area (Å²) < 4.78 is 7.30. The first-order valence-electron chi connectivity index (χ1n) is 8.52. The topological polar surface area (TPSA) is 69.0 Å². The van der Waals surface area contributed by atoms with Crippen LogP contribution in [0.5, 0.6) is 5.75 Å². The molecule has 0 aliphatic carbocycles. The molecule has 27 heavy (non-hydrogen) atoms. The third kappa shape index (κ3) is 3.64. The Morgan fingerprint density at radius 2 is 2.00 bits per heavy atom. The third-order valence-corrected chi connectivity index (χ3v) is 4.30. The molecular formula is C21H18N4O2. The summed E-state index contributed by atoms with van der Waals surface area (Å²) in [7, 11) is 1.60. The van der Waals surface area contributed by atoms with Gasteiger partial charge in [0.05, 0.1) is 24.6 Å². The highest BCUT2D eigenvalue weighted by Gasteiger charge is 2.11. The minimum absolute atomic E-state index is 0.190. The largest absolute Gasteiger partial charge is 0.497 e. The molecule has 2 aromatic carbocycles. The molecule has 0 unspecified atom stereocenters. The van der Waals surface area contributed by atoms with Crippen LogP contribution in [0.25, 0.3) is 10.9 Å². The van der Waals surface area contributed by atoms with E-state index in [1.54, 1.807) is 31.9 Å². The van der Waals surface area contributed by atoms with Crippen molar-refractivity contribution >= 4 is 22.5 Å². The molecule has 2 heterocycles. The summed E-state index contributed by atoms with van der Waals surface area (Å²) in [5.41, 5.74) is 3.02. The standard InChI is InChI=1S/C21H18N4O2/c1-27-18-11-17-3-2-8-23-20(17)19(12-18)24-21(26)16-6-4-15(5-7-16)13-25-10-9-22-14-25/h2-12,14H,13H2,1H3,(H,24,26). The normalized spacial score (nSPS) is 10.7. The lowest BCUT2D eigenvalue weighted by atomic mass is 10.1. The van der Waals surface area contributed by atoms with E-state index in [0.29, 0.717) is 23.5 Å². The smallest absolute Gasteiger partial charge is 0.255 e. The fourth-order valence-corrected chi connectivity index (χ4v) is 2.93. The highest BCUT2D eigenvalue weighted by Crippen LogP contribution is 2.28. The van der Waals surface area contributed by atoms with Crippen molar-refractivity contribution in [3.8, 4) is 5.75 Å². The minimum atomic E-state index is -0.190. The van der Waals surface area contributed by atoms with Crippen molar-refractivity contribution < 1.29 is 9.53 Å². The van der Waals surface area contributed by atoms with Gasteiger partial charge in [0.1, 0.15) is 5.75 Å². The molecule has 134 valence electrons. The lowest BCUT2D eigenvalue weighted by Crippen LogP contribution is -2.12. The number of nitrogens with zero attached hydrogens (tertiary/aromatic N) is 3. The Morgan fingerprint density at radius 1 is 1.15 bits per heavy atom. The molecule has 4 rings (SSSR count). The van der Waals surface area contributed by atoms with Gasteiger partial charge in [-0.2, -0.15) is 0 Å². The SMILES string of the molecule is COc1cc(NC(=O)c2ccc(Cn3ccnc3)cc2)c2ncccc2c1. The van der Waals surface area contributed by atoms with Gasteiger partial charge in [-0.3, -0.25) is 9.78 Å². The maximum Gasteiger partial charge on any atom is 0.255 e. The predicted octanol–water partition coefficient (Wildman–Crippen LogP) is 3.74. The van der Waals surface area contributed by atoms with Crippen molar-refractivity contribution in [2.45, 2.75) is 6.54 Å². The molecule has 0 saturated carbocycles. The zero-order chi connectivity index (χ0) is 18.6. The van der Waals surface area contributed by atoms with Crippen molar-refractivity contribution in [3.05, 3.63) is 84.6 Å². The molecule has 6 nitrogen and oxygen atoms in total. The number of nitrogens with one attached hydrogen (secondary N) is 1. The minimum Gasteiger partial charge on any atom is -0.497 e. The molecule has 1 amide bonds. The predicted molar refractivity (Wildman–Crippen MR) is 104 cm³/mol. The summed E-state index contributed by atoms with van der Waals surface area (Å²) in [4.78, 5) is 21.1. The number of hydrogen-bond donors (Lipinski definition) is 1. The number of benzene rings is 2. The Labute approximate surface area is 156 Å². The number of rotatable bonds is 5. The second kappa shape index (κ2) is 7.29. The van der Waals surface area contributed by atoms with Gasteiger partial charge in [-0.15, -0.1) is 0 Å². The monoisotopic (exact) mass is 358 g/mol. The second-order valence-corrected chi connectivity index (χ2v) is 6.14. The van der Waals surface area contributed by atoms with Crippen LogP contribution in [0.4, 0.5) is 5.69 Å². The first-order chi connectivity index (χ1) is 13.2. The summed E-state index contributed by atoms with van der Waals surface area (Å²) in [5.74, 6) is 0.478. The lowest BCUT2D eigenvalue weighted by molar-refractivity contribution is 0.102. The molecule has 0 radical (unpaired) electrons. The van der Waals surface area contributed by atoms with Crippen LogP contribution in [0.3, 0.4) is 0 Å². The van der Waals surface area contributed by atoms with Crippen molar-refractivity contribution in [3.63, 3.8) is 0 Å². The summed E-state index contributed by atoms with van der Waals surface area (Å²) in [6, 6.07) is 15.0. The lowest BCUT2D eigenvalue weighted by Gasteiger charge is -2.11. The Kier molecular flexibility index (Phi) is 4.53. The van der Waals surface area contributed by atoms with E-state index < -0.39 is 0 Å². The van der Waals surface area contributed by atoms with Gasteiger partial charge in [0.25, 0.3) is 5.91 Å². The number of hydrogen-bond acceptors (Lipinski definition) is 4. The molecule has 6 heteroatoms. The first-order valence-corrected chi connectivity index (χ1v) is 8.52. The average molecular weight is 358 g/mol. The van der Waals surface area contributed by atoms with Crippen molar-refractivity contribution in [2.24, 2.45) is 0 Å². The van der Waals surface area contributed by atoms with Crippen molar-refractivity contribution in [2.75, 3.05) is 12.4 Å². The molecule has 0 saturated heterocycles. The fraction of sp³-hybridized carbons (Fsp3) is 0.0952. The number of ether oxygens (including phenoxy) is 1. The molecular weight excluding hydrogens is 340 g/mol. The van der Waals surface area contributed by atoms with Gasteiger partial charge >= 0.3 is 0 Å². The Hall–Kier alpha value is -3.67.